The Kier molecular flexibility index (Phi) is 5.47. The van der Waals surface area contributed by atoms with Crippen LogP contribution in [-0.4, -0.2) is 55.8 Å². The Hall–Kier alpha value is -1.70. The Bertz CT molecular complexity index is 650. The molecule has 2 rings (SSSR count). The van der Waals surface area contributed by atoms with Gasteiger partial charge in [-0.2, -0.15) is 9.28 Å². The monoisotopic (exact) mass is 352 g/mol. The lowest BCUT2D eigenvalue weighted by atomic mass is 9.92. The second kappa shape index (κ2) is 7.04. The number of nitrogens with zero attached hydrogens (tertiary/aromatic N) is 1. The summed E-state index contributed by atoms with van der Waals surface area (Å²) in [5, 5.41) is 20.4. The highest BCUT2D eigenvalue weighted by molar-refractivity contribution is 8.14. The van der Waals surface area contributed by atoms with E-state index in [1.54, 1.807) is 6.92 Å². The van der Waals surface area contributed by atoms with E-state index >= 15 is 0 Å². The molecule has 2 unspecified atom stereocenters. The van der Waals surface area contributed by atoms with Crippen molar-refractivity contribution in [2.24, 2.45) is 0 Å². The van der Waals surface area contributed by atoms with E-state index in [0.29, 0.717) is 6.42 Å². The van der Waals surface area contributed by atoms with Gasteiger partial charge in [0.15, 0.2) is 5.12 Å². The first kappa shape index (κ1) is 18.6. The summed E-state index contributed by atoms with van der Waals surface area (Å²) >= 11 is 0.799. The first-order valence-electron chi connectivity index (χ1n) is 7.74. The van der Waals surface area contributed by atoms with Gasteiger partial charge < -0.3 is 10.2 Å². The van der Waals surface area contributed by atoms with E-state index in [4.69, 9.17) is 0 Å². The summed E-state index contributed by atoms with van der Waals surface area (Å²) < 4.78 is -0.830. The molecule has 0 spiro atoms. The molecule has 24 heavy (non-hydrogen) atoms. The third-order valence-electron chi connectivity index (χ3n) is 4.53. The number of aliphatic hydroxyl groups is 1. The van der Waals surface area contributed by atoms with Gasteiger partial charge in [-0.25, -0.2) is 4.79 Å². The third kappa shape index (κ3) is 3.68. The van der Waals surface area contributed by atoms with Crippen LogP contribution < -0.4 is 0 Å². The lowest BCUT2D eigenvalue weighted by molar-refractivity contribution is -0.794. The average molecular weight is 352 g/mol. The van der Waals surface area contributed by atoms with E-state index in [1.165, 1.54) is 6.92 Å². The van der Waals surface area contributed by atoms with Gasteiger partial charge >= 0.3 is 12.0 Å². The first-order chi connectivity index (χ1) is 11.2. The van der Waals surface area contributed by atoms with Crippen LogP contribution in [0.4, 0.5) is 4.79 Å². The van der Waals surface area contributed by atoms with Crippen LogP contribution in [0.5, 0.6) is 0 Å². The number of benzene rings is 1. The lowest BCUT2D eigenvalue weighted by Crippen LogP contribution is -2.60. The molecule has 7 heteroatoms. The van der Waals surface area contributed by atoms with Crippen molar-refractivity contribution in [2.75, 3.05) is 12.3 Å². The highest BCUT2D eigenvalue weighted by atomic mass is 32.2. The maximum absolute atomic E-state index is 12.6. The van der Waals surface area contributed by atoms with Crippen molar-refractivity contribution in [1.29, 1.82) is 0 Å². The van der Waals surface area contributed by atoms with Crippen molar-refractivity contribution in [3.8, 4) is 0 Å². The second-order valence-electron chi connectivity index (χ2n) is 6.42. The van der Waals surface area contributed by atoms with Crippen LogP contribution >= 0.6 is 11.8 Å². The highest BCUT2D eigenvalue weighted by Gasteiger charge is 2.61. The largest absolute Gasteiger partial charge is 0.521 e. The molecule has 0 aromatic heterocycles. The van der Waals surface area contributed by atoms with Gasteiger partial charge in [-0.3, -0.25) is 4.79 Å². The van der Waals surface area contributed by atoms with E-state index in [0.717, 1.165) is 17.3 Å². The van der Waals surface area contributed by atoms with Gasteiger partial charge in [0, 0.05) is 19.8 Å². The number of imide groups is 1. The Morgan fingerprint density at radius 2 is 1.92 bits per heavy atom. The summed E-state index contributed by atoms with van der Waals surface area (Å²) in [7, 11) is 0. The number of likely N-dealkylation sites (tertiary alicyclic amines) is 1. The van der Waals surface area contributed by atoms with Crippen molar-refractivity contribution in [1.82, 2.24) is 0 Å². The minimum absolute atomic E-state index is 0.185. The SMILES string of the molecule is CC(=O)SCC(=O)[N+]1(C(=O)O)CC(O)(Cc2ccccc2)C[C@H]1C. The van der Waals surface area contributed by atoms with Crippen LogP contribution in [0.1, 0.15) is 25.8 Å². The molecule has 1 fully saturated rings. The number of hydrogen-bond acceptors (Lipinski definition) is 5. The molecule has 1 aliphatic heterocycles. The van der Waals surface area contributed by atoms with Crippen LogP contribution in [0.15, 0.2) is 30.3 Å². The first-order valence-corrected chi connectivity index (χ1v) is 8.72. The molecule has 1 aromatic carbocycles. The van der Waals surface area contributed by atoms with Crippen LogP contribution in [0.2, 0.25) is 0 Å². The zero-order chi connectivity index (χ0) is 18.0. The van der Waals surface area contributed by atoms with Crippen molar-refractivity contribution in [2.45, 2.75) is 38.3 Å². The summed E-state index contributed by atoms with van der Waals surface area (Å²) in [6.07, 6.45) is -0.774. The molecule has 6 nitrogen and oxygen atoms in total. The van der Waals surface area contributed by atoms with Gasteiger partial charge in [-0.15, -0.1) is 0 Å². The van der Waals surface area contributed by atoms with E-state index in [1.807, 2.05) is 30.3 Å². The Morgan fingerprint density at radius 3 is 2.46 bits per heavy atom. The van der Waals surface area contributed by atoms with Gasteiger partial charge in [-0.05, 0) is 12.5 Å². The zero-order valence-corrected chi connectivity index (χ0v) is 14.6. The van der Waals surface area contributed by atoms with Crippen LogP contribution in [0, 0.1) is 0 Å². The maximum Gasteiger partial charge on any atom is 0.521 e. The van der Waals surface area contributed by atoms with Crippen molar-refractivity contribution >= 4 is 28.9 Å². The van der Waals surface area contributed by atoms with Gasteiger partial charge in [0.1, 0.15) is 23.9 Å². The van der Waals surface area contributed by atoms with Crippen molar-refractivity contribution < 1.29 is 29.1 Å². The topological polar surface area (TPSA) is 91.7 Å². The molecule has 0 saturated carbocycles. The average Bonchev–Trinajstić information content (AvgIpc) is 2.77. The third-order valence-corrected chi connectivity index (χ3v) is 5.33. The summed E-state index contributed by atoms with van der Waals surface area (Å²) in [5.41, 5.74) is -0.376. The minimum atomic E-state index is -1.28. The fourth-order valence-electron chi connectivity index (χ4n) is 3.47. The van der Waals surface area contributed by atoms with Gasteiger partial charge in [0.2, 0.25) is 0 Å². The Morgan fingerprint density at radius 1 is 1.29 bits per heavy atom. The zero-order valence-electron chi connectivity index (χ0n) is 13.8. The number of carbonyl (C=O) groups excluding carboxylic acids is 2. The summed E-state index contributed by atoms with van der Waals surface area (Å²) in [6, 6.07) is 8.74. The van der Waals surface area contributed by atoms with Crippen molar-refractivity contribution in [3.05, 3.63) is 35.9 Å². The predicted octanol–water partition coefficient (Wildman–Crippen LogP) is 2.05. The Labute approximate surface area is 145 Å². The number of rotatable bonds is 4. The highest BCUT2D eigenvalue weighted by Crippen LogP contribution is 2.37. The minimum Gasteiger partial charge on any atom is -0.435 e. The van der Waals surface area contributed by atoms with Crippen molar-refractivity contribution in [3.63, 3.8) is 0 Å². The number of thioether (sulfide) groups is 1. The molecule has 3 atom stereocenters. The molecule has 1 heterocycles. The number of carboxylic acid groups (broad SMARTS) is 1. The number of quaternary nitrogens is 1. The number of amides is 2. The second-order valence-corrected chi connectivity index (χ2v) is 7.58. The van der Waals surface area contributed by atoms with Crippen LogP contribution in [-0.2, 0) is 16.0 Å². The van der Waals surface area contributed by atoms with E-state index in [2.05, 4.69) is 0 Å². The van der Waals surface area contributed by atoms with Gasteiger partial charge in [0.25, 0.3) is 0 Å². The fraction of sp³-hybridized carbons (Fsp3) is 0.471. The molecule has 2 N–H and O–H groups in total. The molecule has 1 aliphatic rings. The molecular formula is C17H22NO5S+. The molecule has 2 amide bonds. The molecule has 0 aliphatic carbocycles. The molecule has 0 radical (unpaired) electrons. The number of hydrogen-bond donors (Lipinski definition) is 2. The lowest BCUT2D eigenvalue weighted by Gasteiger charge is -2.30. The predicted molar refractivity (Wildman–Crippen MR) is 90.5 cm³/mol. The molecule has 1 aromatic rings. The molecular weight excluding hydrogens is 330 g/mol. The van der Waals surface area contributed by atoms with E-state index in [9.17, 15) is 24.6 Å². The fourth-order valence-corrected chi connectivity index (χ4v) is 4.03. The van der Waals surface area contributed by atoms with Crippen LogP contribution in [0.3, 0.4) is 0 Å². The maximum atomic E-state index is 12.6. The standard InChI is InChI=1S/C17H21NO5S/c1-12-8-17(23,9-14-6-4-3-5-7-14)11-18(12,16(21)22)15(20)10-24-13(2)19/h3-7,12,23H,8-11H2,1-2H3/p+1/t12-,17?,18?/m1/s1. The summed E-state index contributed by atoms with van der Waals surface area (Å²) in [6.45, 7) is 2.81. The molecule has 0 bridgehead atoms. The smallest absolute Gasteiger partial charge is 0.435 e. The van der Waals surface area contributed by atoms with Gasteiger partial charge in [0.05, 0.1) is 0 Å². The Balaban J connectivity index is 2.25. The molecule has 1 saturated heterocycles. The quantitative estimate of drug-likeness (QED) is 0.806. The van der Waals surface area contributed by atoms with E-state index in [-0.39, 0.29) is 23.8 Å². The van der Waals surface area contributed by atoms with E-state index < -0.39 is 28.1 Å². The summed E-state index contributed by atoms with van der Waals surface area (Å²) in [5.74, 6) is -0.757. The van der Waals surface area contributed by atoms with Gasteiger partial charge in [-0.1, -0.05) is 42.1 Å². The number of carbonyl (C=O) groups is 3. The summed E-state index contributed by atoms with van der Waals surface area (Å²) in [4.78, 5) is 35.6. The van der Waals surface area contributed by atoms with Crippen LogP contribution in [0.25, 0.3) is 0 Å². The normalized spacial score (nSPS) is 29.4. The molecule has 130 valence electrons.